The van der Waals surface area contributed by atoms with Gasteiger partial charge in [0.05, 0.1) is 0 Å². The maximum atomic E-state index is 14.5. The Bertz CT molecular complexity index is 1200. The molecule has 2 aliphatic rings. The summed E-state index contributed by atoms with van der Waals surface area (Å²) in [6.45, 7) is 7.28. The highest BCUT2D eigenvalue weighted by Gasteiger charge is 2.48. The molecule has 9 nitrogen and oxygen atoms in total. The second-order valence-electron chi connectivity index (χ2n) is 12.4. The Morgan fingerprint density at radius 1 is 0.951 bits per heavy atom. The zero-order chi connectivity index (χ0) is 29.7. The summed E-state index contributed by atoms with van der Waals surface area (Å²) >= 11 is 0. The van der Waals surface area contributed by atoms with Gasteiger partial charge >= 0.3 is 6.09 Å². The summed E-state index contributed by atoms with van der Waals surface area (Å²) in [6.07, 6.45) is 5.17. The fourth-order valence-corrected chi connectivity index (χ4v) is 5.49. The summed E-state index contributed by atoms with van der Waals surface area (Å²) in [5.74, 6) is -0.325. The molecule has 2 aromatic rings. The smallest absolute Gasteiger partial charge is 0.408 e. The molecule has 4 atom stereocenters. The van der Waals surface area contributed by atoms with Crippen molar-refractivity contribution in [2.45, 2.75) is 102 Å². The lowest BCUT2D eigenvalue weighted by Crippen LogP contribution is -2.55. The number of phenols is 2. The SMILES string of the molecule is CC1CC1N(C(=O)C(Cc1ccc(O)cc1)NC(=O)OC(C)(C)C)C(C(=O)NC1CCCCC1)c1ccc(O)cc1. The van der Waals surface area contributed by atoms with Crippen LogP contribution in [0.3, 0.4) is 0 Å². The molecule has 2 aromatic carbocycles. The number of nitrogens with one attached hydrogen (secondary N) is 2. The van der Waals surface area contributed by atoms with Crippen LogP contribution < -0.4 is 10.6 Å². The number of phenolic OH excluding ortho intramolecular Hbond substituents is 2. The standard InChI is InChI=1S/C32H43N3O6/c1-20-18-27(20)35(28(22-12-16-25(37)17-13-22)29(38)33-23-8-6-5-7-9-23)30(39)26(34-31(40)41-32(2,3)4)19-21-10-14-24(36)15-11-21/h10-17,20,23,26-28,36-37H,5-9,18-19H2,1-4H3,(H,33,38)(H,34,40). The van der Waals surface area contributed by atoms with E-state index >= 15 is 0 Å². The summed E-state index contributed by atoms with van der Waals surface area (Å²) in [4.78, 5) is 43.0. The number of hydrogen-bond donors (Lipinski definition) is 4. The number of carbonyl (C=O) groups excluding carboxylic acids is 3. The molecule has 0 aliphatic heterocycles. The third kappa shape index (κ3) is 8.38. The summed E-state index contributed by atoms with van der Waals surface area (Å²) in [7, 11) is 0. The van der Waals surface area contributed by atoms with Crippen molar-refractivity contribution < 1.29 is 29.3 Å². The molecule has 4 N–H and O–H groups in total. The Kier molecular flexibility index (Phi) is 9.46. The average Bonchev–Trinajstić information content (AvgIpc) is 3.63. The quantitative estimate of drug-likeness (QED) is 0.340. The van der Waals surface area contributed by atoms with Crippen LogP contribution >= 0.6 is 0 Å². The molecule has 222 valence electrons. The van der Waals surface area contributed by atoms with E-state index in [1.165, 1.54) is 24.3 Å². The van der Waals surface area contributed by atoms with Gasteiger partial charge in [-0.2, -0.15) is 0 Å². The molecule has 0 bridgehead atoms. The maximum Gasteiger partial charge on any atom is 0.408 e. The molecule has 2 saturated carbocycles. The minimum atomic E-state index is -1.02. The number of benzene rings is 2. The van der Waals surface area contributed by atoms with Crippen molar-refractivity contribution in [3.8, 4) is 11.5 Å². The van der Waals surface area contributed by atoms with Gasteiger partial charge in [-0.3, -0.25) is 9.59 Å². The van der Waals surface area contributed by atoms with E-state index < -0.39 is 29.7 Å². The summed E-state index contributed by atoms with van der Waals surface area (Å²) in [6, 6.07) is 10.7. The highest BCUT2D eigenvalue weighted by atomic mass is 16.6. The lowest BCUT2D eigenvalue weighted by molar-refractivity contribution is -0.143. The van der Waals surface area contributed by atoms with Crippen LogP contribution in [0.5, 0.6) is 11.5 Å². The predicted octanol–water partition coefficient (Wildman–Crippen LogP) is 4.96. The molecule has 3 amide bonds. The zero-order valence-electron chi connectivity index (χ0n) is 24.4. The zero-order valence-corrected chi connectivity index (χ0v) is 24.4. The Balaban J connectivity index is 1.70. The number of carbonyl (C=O) groups is 3. The van der Waals surface area contributed by atoms with Crippen molar-refractivity contribution in [1.29, 1.82) is 0 Å². The monoisotopic (exact) mass is 565 g/mol. The van der Waals surface area contributed by atoms with Gasteiger partial charge in [0.15, 0.2) is 0 Å². The first kappa shape index (κ1) is 30.2. The van der Waals surface area contributed by atoms with E-state index in [4.69, 9.17) is 4.74 Å². The van der Waals surface area contributed by atoms with Crippen molar-refractivity contribution in [3.63, 3.8) is 0 Å². The van der Waals surface area contributed by atoms with Crippen LogP contribution in [0.25, 0.3) is 0 Å². The molecule has 0 spiro atoms. The molecular weight excluding hydrogens is 522 g/mol. The molecule has 2 aliphatic carbocycles. The molecule has 0 heterocycles. The van der Waals surface area contributed by atoms with Gasteiger partial charge in [-0.1, -0.05) is 50.5 Å². The number of hydrogen-bond acceptors (Lipinski definition) is 6. The van der Waals surface area contributed by atoms with Crippen molar-refractivity contribution in [2.75, 3.05) is 0 Å². The molecule has 41 heavy (non-hydrogen) atoms. The van der Waals surface area contributed by atoms with Gasteiger partial charge in [-0.05, 0) is 81.3 Å². The van der Waals surface area contributed by atoms with Crippen LogP contribution in [0.15, 0.2) is 48.5 Å². The fourth-order valence-electron chi connectivity index (χ4n) is 5.49. The maximum absolute atomic E-state index is 14.5. The Labute approximate surface area is 242 Å². The third-order valence-electron chi connectivity index (χ3n) is 7.73. The van der Waals surface area contributed by atoms with Crippen molar-refractivity contribution >= 4 is 17.9 Å². The van der Waals surface area contributed by atoms with Crippen molar-refractivity contribution in [3.05, 3.63) is 59.7 Å². The van der Waals surface area contributed by atoms with E-state index in [0.717, 1.165) is 44.1 Å². The highest BCUT2D eigenvalue weighted by Crippen LogP contribution is 2.41. The average molecular weight is 566 g/mol. The third-order valence-corrected chi connectivity index (χ3v) is 7.73. The summed E-state index contributed by atoms with van der Waals surface area (Å²) < 4.78 is 5.49. The number of nitrogens with zero attached hydrogens (tertiary/aromatic N) is 1. The number of alkyl carbamates (subject to hydrolysis) is 1. The Morgan fingerprint density at radius 3 is 2.05 bits per heavy atom. The van der Waals surface area contributed by atoms with Gasteiger partial charge in [0.2, 0.25) is 11.8 Å². The van der Waals surface area contributed by atoms with Crippen LogP contribution in [-0.4, -0.2) is 56.7 Å². The number of aromatic hydroxyl groups is 2. The first-order chi connectivity index (χ1) is 19.4. The number of rotatable bonds is 9. The van der Waals surface area contributed by atoms with E-state index in [2.05, 4.69) is 10.6 Å². The van der Waals surface area contributed by atoms with Gasteiger partial charge in [-0.15, -0.1) is 0 Å². The Morgan fingerprint density at radius 2 is 1.51 bits per heavy atom. The van der Waals surface area contributed by atoms with Crippen LogP contribution in [0.4, 0.5) is 4.79 Å². The lowest BCUT2D eigenvalue weighted by Gasteiger charge is -2.36. The van der Waals surface area contributed by atoms with Gasteiger partial charge in [0.25, 0.3) is 0 Å². The first-order valence-electron chi connectivity index (χ1n) is 14.6. The molecule has 0 radical (unpaired) electrons. The van der Waals surface area contributed by atoms with Gasteiger partial charge < -0.3 is 30.5 Å². The van der Waals surface area contributed by atoms with Crippen LogP contribution in [0.1, 0.15) is 83.4 Å². The number of amides is 3. The molecular formula is C32H43N3O6. The minimum Gasteiger partial charge on any atom is -0.508 e. The molecule has 2 fully saturated rings. The second kappa shape index (κ2) is 12.8. The van der Waals surface area contributed by atoms with Crippen molar-refractivity contribution in [2.24, 2.45) is 5.92 Å². The van der Waals surface area contributed by atoms with Gasteiger partial charge in [0, 0.05) is 18.5 Å². The number of ether oxygens (including phenoxy) is 1. The van der Waals surface area contributed by atoms with E-state index in [-0.39, 0.29) is 41.8 Å². The molecule has 4 rings (SSSR count). The van der Waals surface area contributed by atoms with Crippen LogP contribution in [0, 0.1) is 5.92 Å². The van der Waals surface area contributed by atoms with Crippen LogP contribution in [0.2, 0.25) is 0 Å². The van der Waals surface area contributed by atoms with Gasteiger partial charge in [-0.25, -0.2) is 4.79 Å². The summed E-state index contributed by atoms with van der Waals surface area (Å²) in [5, 5.41) is 25.7. The fraction of sp³-hybridized carbons (Fsp3) is 0.531. The molecule has 0 aromatic heterocycles. The second-order valence-corrected chi connectivity index (χ2v) is 12.4. The summed E-state index contributed by atoms with van der Waals surface area (Å²) in [5.41, 5.74) is 0.549. The molecule has 0 saturated heterocycles. The Hall–Kier alpha value is -3.75. The topological polar surface area (TPSA) is 128 Å². The molecule has 4 unspecified atom stereocenters. The van der Waals surface area contributed by atoms with Crippen LogP contribution in [-0.2, 0) is 20.7 Å². The van der Waals surface area contributed by atoms with E-state index in [9.17, 15) is 24.6 Å². The van der Waals surface area contributed by atoms with E-state index in [1.807, 2.05) is 6.92 Å². The highest BCUT2D eigenvalue weighted by molar-refractivity contribution is 5.93. The van der Waals surface area contributed by atoms with E-state index in [0.29, 0.717) is 5.56 Å². The largest absolute Gasteiger partial charge is 0.508 e. The predicted molar refractivity (Wildman–Crippen MR) is 155 cm³/mol. The van der Waals surface area contributed by atoms with E-state index in [1.54, 1.807) is 49.9 Å². The minimum absolute atomic E-state index is 0.0390. The first-order valence-corrected chi connectivity index (χ1v) is 14.6. The van der Waals surface area contributed by atoms with Crippen molar-refractivity contribution in [1.82, 2.24) is 15.5 Å². The normalized spacial score (nSPS) is 20.4. The molecule has 9 heteroatoms. The lowest BCUT2D eigenvalue weighted by atomic mass is 9.94. The van der Waals surface area contributed by atoms with Gasteiger partial charge in [0.1, 0.15) is 29.2 Å².